The maximum Gasteiger partial charge on any atom is 0.345 e. The molecule has 90 valence electrons. The number of thiophene rings is 1. The van der Waals surface area contributed by atoms with Crippen molar-refractivity contribution in [3.05, 3.63) is 21.9 Å². The second-order valence-electron chi connectivity index (χ2n) is 4.50. The van der Waals surface area contributed by atoms with Gasteiger partial charge >= 0.3 is 5.97 Å². The molecule has 5 heteroatoms. The zero-order valence-corrected chi connectivity index (χ0v) is 10.3. The van der Waals surface area contributed by atoms with Crippen LogP contribution in [-0.2, 0) is 6.54 Å². The molecule has 0 atom stereocenters. The Kier molecular flexibility index (Phi) is 4.46. The molecule has 3 N–H and O–H groups in total. The van der Waals surface area contributed by atoms with Gasteiger partial charge in [-0.05, 0) is 12.1 Å². The van der Waals surface area contributed by atoms with E-state index in [1.54, 1.807) is 6.07 Å². The van der Waals surface area contributed by atoms with Gasteiger partial charge in [0.15, 0.2) is 0 Å². The highest BCUT2D eigenvalue weighted by molar-refractivity contribution is 7.13. The number of carboxylic acid groups (broad SMARTS) is 1. The number of hydrogen-bond donors (Lipinski definition) is 3. The minimum atomic E-state index is -0.882. The predicted molar refractivity (Wildman–Crippen MR) is 63.9 cm³/mol. The molecule has 0 unspecified atom stereocenters. The average Bonchev–Trinajstić information content (AvgIpc) is 2.66. The average molecular weight is 243 g/mol. The largest absolute Gasteiger partial charge is 0.477 e. The fourth-order valence-electron chi connectivity index (χ4n) is 1.17. The summed E-state index contributed by atoms with van der Waals surface area (Å²) in [4.78, 5) is 12.0. The van der Waals surface area contributed by atoms with Crippen molar-refractivity contribution >= 4 is 17.3 Å². The van der Waals surface area contributed by atoms with Crippen molar-refractivity contribution in [2.45, 2.75) is 20.4 Å². The van der Waals surface area contributed by atoms with E-state index in [-0.39, 0.29) is 12.0 Å². The van der Waals surface area contributed by atoms with Crippen LogP contribution in [0.25, 0.3) is 0 Å². The predicted octanol–water partition coefficient (Wildman–Crippen LogP) is 1.55. The van der Waals surface area contributed by atoms with Crippen LogP contribution in [0.15, 0.2) is 12.1 Å². The fourth-order valence-corrected chi connectivity index (χ4v) is 1.98. The Morgan fingerprint density at radius 2 is 2.19 bits per heavy atom. The minimum Gasteiger partial charge on any atom is -0.477 e. The molecule has 0 radical (unpaired) electrons. The van der Waals surface area contributed by atoms with Gasteiger partial charge in [0, 0.05) is 30.0 Å². The van der Waals surface area contributed by atoms with Gasteiger partial charge < -0.3 is 15.5 Å². The van der Waals surface area contributed by atoms with E-state index in [0.717, 1.165) is 4.88 Å². The van der Waals surface area contributed by atoms with Gasteiger partial charge in [-0.1, -0.05) is 13.8 Å². The summed E-state index contributed by atoms with van der Waals surface area (Å²) >= 11 is 1.27. The van der Waals surface area contributed by atoms with E-state index in [1.807, 2.05) is 19.9 Å². The second kappa shape index (κ2) is 5.43. The summed E-state index contributed by atoms with van der Waals surface area (Å²) in [5.41, 5.74) is -0.146. The highest BCUT2D eigenvalue weighted by Gasteiger charge is 2.15. The molecule has 0 aliphatic carbocycles. The Bertz CT molecular complexity index is 360. The summed E-state index contributed by atoms with van der Waals surface area (Å²) in [5.74, 6) is -0.882. The lowest BCUT2D eigenvalue weighted by molar-refractivity contribution is 0.0702. The molecule has 0 saturated heterocycles. The highest BCUT2D eigenvalue weighted by Crippen LogP contribution is 2.17. The van der Waals surface area contributed by atoms with E-state index in [9.17, 15) is 4.79 Å². The van der Waals surface area contributed by atoms with Gasteiger partial charge in [-0.15, -0.1) is 11.3 Å². The lowest BCUT2D eigenvalue weighted by Crippen LogP contribution is -2.31. The molecule has 1 aromatic rings. The molecule has 0 aromatic carbocycles. The van der Waals surface area contributed by atoms with Crippen molar-refractivity contribution < 1.29 is 15.0 Å². The van der Waals surface area contributed by atoms with E-state index in [1.165, 1.54) is 11.3 Å². The van der Waals surface area contributed by atoms with Gasteiger partial charge in [0.1, 0.15) is 4.88 Å². The van der Waals surface area contributed by atoms with Crippen molar-refractivity contribution in [1.82, 2.24) is 5.32 Å². The maximum absolute atomic E-state index is 10.7. The van der Waals surface area contributed by atoms with Crippen LogP contribution in [-0.4, -0.2) is 29.3 Å². The standard InChI is InChI=1S/C11H17NO3S/c1-11(2,7-13)6-12-5-8-3-4-9(16-8)10(14)15/h3-4,12-13H,5-7H2,1-2H3,(H,14,15). The Balaban J connectivity index is 2.40. The molecular formula is C11H17NO3S. The van der Waals surface area contributed by atoms with E-state index in [4.69, 9.17) is 10.2 Å². The summed E-state index contributed by atoms with van der Waals surface area (Å²) in [7, 11) is 0. The quantitative estimate of drug-likeness (QED) is 0.709. The minimum absolute atomic E-state index is 0.130. The van der Waals surface area contributed by atoms with Gasteiger partial charge in [0.05, 0.1) is 0 Å². The molecule has 0 bridgehead atoms. The number of aliphatic hydroxyl groups is 1. The zero-order chi connectivity index (χ0) is 12.2. The third-order valence-electron chi connectivity index (χ3n) is 2.20. The summed E-state index contributed by atoms with van der Waals surface area (Å²) in [6.07, 6.45) is 0. The van der Waals surface area contributed by atoms with Crippen LogP contribution in [0.4, 0.5) is 0 Å². The third kappa shape index (κ3) is 3.92. The zero-order valence-electron chi connectivity index (χ0n) is 9.49. The van der Waals surface area contributed by atoms with Crippen LogP contribution in [0.2, 0.25) is 0 Å². The van der Waals surface area contributed by atoms with Gasteiger partial charge in [-0.25, -0.2) is 4.79 Å². The second-order valence-corrected chi connectivity index (χ2v) is 5.67. The summed E-state index contributed by atoms with van der Waals surface area (Å²) < 4.78 is 0. The molecule has 1 heterocycles. The number of aromatic carboxylic acids is 1. The maximum atomic E-state index is 10.7. The summed E-state index contributed by atoms with van der Waals surface area (Å²) in [5, 5.41) is 21.0. The van der Waals surface area contributed by atoms with Crippen molar-refractivity contribution in [2.24, 2.45) is 5.41 Å². The van der Waals surface area contributed by atoms with Crippen molar-refractivity contribution in [2.75, 3.05) is 13.2 Å². The van der Waals surface area contributed by atoms with Crippen LogP contribution in [0.3, 0.4) is 0 Å². The summed E-state index contributed by atoms with van der Waals surface area (Å²) in [6.45, 7) is 5.41. The molecular weight excluding hydrogens is 226 g/mol. The van der Waals surface area contributed by atoms with E-state index >= 15 is 0 Å². The number of carboxylic acids is 1. The highest BCUT2D eigenvalue weighted by atomic mass is 32.1. The SMILES string of the molecule is CC(C)(CO)CNCc1ccc(C(=O)O)s1. The monoisotopic (exact) mass is 243 g/mol. The smallest absolute Gasteiger partial charge is 0.345 e. The number of aliphatic hydroxyl groups excluding tert-OH is 1. The fraction of sp³-hybridized carbons (Fsp3) is 0.545. The molecule has 1 aromatic heterocycles. The van der Waals surface area contributed by atoms with Crippen LogP contribution in [0.1, 0.15) is 28.4 Å². The molecule has 1 rings (SSSR count). The Labute approximate surface area is 98.9 Å². The van der Waals surface area contributed by atoms with E-state index in [2.05, 4.69) is 5.32 Å². The van der Waals surface area contributed by atoms with Crippen molar-refractivity contribution in [3.63, 3.8) is 0 Å². The molecule has 0 amide bonds. The van der Waals surface area contributed by atoms with Crippen molar-refractivity contribution in [1.29, 1.82) is 0 Å². The van der Waals surface area contributed by atoms with Crippen molar-refractivity contribution in [3.8, 4) is 0 Å². The molecule has 0 spiro atoms. The van der Waals surface area contributed by atoms with Crippen LogP contribution in [0, 0.1) is 5.41 Å². The lowest BCUT2D eigenvalue weighted by atomic mass is 9.95. The van der Waals surface area contributed by atoms with Gasteiger partial charge in [0.25, 0.3) is 0 Å². The first-order chi connectivity index (χ1) is 7.44. The number of rotatable bonds is 6. The topological polar surface area (TPSA) is 69.6 Å². The summed E-state index contributed by atoms with van der Waals surface area (Å²) in [6, 6.07) is 3.42. The van der Waals surface area contributed by atoms with Gasteiger partial charge in [-0.2, -0.15) is 0 Å². The van der Waals surface area contributed by atoms with Gasteiger partial charge in [0.2, 0.25) is 0 Å². The molecule has 4 nitrogen and oxygen atoms in total. The Hall–Kier alpha value is -0.910. The molecule has 0 fully saturated rings. The van der Waals surface area contributed by atoms with Crippen LogP contribution in [0.5, 0.6) is 0 Å². The first kappa shape index (κ1) is 13.2. The number of hydrogen-bond acceptors (Lipinski definition) is 4. The molecule has 16 heavy (non-hydrogen) atoms. The Morgan fingerprint density at radius 3 is 2.69 bits per heavy atom. The van der Waals surface area contributed by atoms with E-state index < -0.39 is 5.97 Å². The molecule has 0 aliphatic rings. The normalized spacial score (nSPS) is 11.7. The molecule has 0 saturated carbocycles. The first-order valence-electron chi connectivity index (χ1n) is 5.08. The third-order valence-corrected chi connectivity index (χ3v) is 3.28. The van der Waals surface area contributed by atoms with Crippen LogP contribution >= 0.6 is 11.3 Å². The first-order valence-corrected chi connectivity index (χ1v) is 5.90. The molecule has 0 aliphatic heterocycles. The van der Waals surface area contributed by atoms with E-state index in [0.29, 0.717) is 18.0 Å². The number of nitrogens with one attached hydrogen (secondary N) is 1. The van der Waals surface area contributed by atoms with Crippen LogP contribution < -0.4 is 5.32 Å². The van der Waals surface area contributed by atoms with Gasteiger partial charge in [-0.3, -0.25) is 0 Å². The Morgan fingerprint density at radius 1 is 1.50 bits per heavy atom. The lowest BCUT2D eigenvalue weighted by Gasteiger charge is -2.21. The number of carbonyl (C=O) groups is 1.